The van der Waals surface area contributed by atoms with E-state index in [0.29, 0.717) is 24.3 Å². The van der Waals surface area contributed by atoms with Crippen LogP contribution < -0.4 is 9.47 Å². The van der Waals surface area contributed by atoms with Crippen molar-refractivity contribution < 1.29 is 14.3 Å². The molecule has 1 aliphatic heterocycles. The van der Waals surface area contributed by atoms with E-state index in [-0.39, 0.29) is 5.91 Å². The molecule has 1 aromatic carbocycles. The molecule has 0 bridgehead atoms. The molecular formula is C21H27N3O3. The number of nitrogens with zero attached hydrogens (tertiary/aromatic N) is 3. The highest BCUT2D eigenvalue weighted by Crippen LogP contribution is 2.28. The average Bonchev–Trinajstić information content (AvgIpc) is 2.73. The van der Waals surface area contributed by atoms with Gasteiger partial charge in [-0.15, -0.1) is 0 Å². The fourth-order valence-corrected chi connectivity index (χ4v) is 3.35. The maximum Gasteiger partial charge on any atom is 0.222 e. The van der Waals surface area contributed by atoms with Gasteiger partial charge in [-0.25, -0.2) is 0 Å². The second-order valence-electron chi connectivity index (χ2n) is 6.70. The van der Waals surface area contributed by atoms with E-state index < -0.39 is 0 Å². The van der Waals surface area contributed by atoms with Gasteiger partial charge in [-0.05, 0) is 41.8 Å². The second kappa shape index (κ2) is 9.37. The molecule has 0 radical (unpaired) electrons. The average molecular weight is 369 g/mol. The highest BCUT2D eigenvalue weighted by Gasteiger charge is 2.21. The summed E-state index contributed by atoms with van der Waals surface area (Å²) in [5.74, 6) is 1.62. The van der Waals surface area contributed by atoms with E-state index in [1.165, 1.54) is 5.56 Å². The van der Waals surface area contributed by atoms with Gasteiger partial charge in [0.15, 0.2) is 11.5 Å². The van der Waals surface area contributed by atoms with Gasteiger partial charge in [0.25, 0.3) is 0 Å². The van der Waals surface area contributed by atoms with Crippen LogP contribution in [0.2, 0.25) is 0 Å². The van der Waals surface area contributed by atoms with Crippen molar-refractivity contribution in [3.05, 3.63) is 53.9 Å². The summed E-state index contributed by atoms with van der Waals surface area (Å²) in [6.07, 6.45) is 4.86. The Morgan fingerprint density at radius 2 is 1.67 bits per heavy atom. The Hall–Kier alpha value is -2.60. The molecule has 0 saturated carbocycles. The van der Waals surface area contributed by atoms with Gasteiger partial charge in [0, 0.05) is 51.5 Å². The normalized spacial score (nSPS) is 14.8. The summed E-state index contributed by atoms with van der Waals surface area (Å²) >= 11 is 0. The minimum atomic E-state index is 0.216. The van der Waals surface area contributed by atoms with Gasteiger partial charge in [0.05, 0.1) is 14.2 Å². The quantitative estimate of drug-likeness (QED) is 0.750. The number of rotatable bonds is 7. The number of hydrogen-bond acceptors (Lipinski definition) is 5. The molecule has 1 aromatic heterocycles. The molecule has 0 atom stereocenters. The van der Waals surface area contributed by atoms with E-state index in [1.54, 1.807) is 14.2 Å². The molecule has 0 N–H and O–H groups in total. The number of hydrogen-bond donors (Lipinski definition) is 0. The van der Waals surface area contributed by atoms with Gasteiger partial charge in [0.2, 0.25) is 5.91 Å². The summed E-state index contributed by atoms with van der Waals surface area (Å²) < 4.78 is 10.6. The maximum absolute atomic E-state index is 12.6. The number of aromatic nitrogens is 1. The van der Waals surface area contributed by atoms with Crippen LogP contribution in [0.5, 0.6) is 11.5 Å². The standard InChI is InChI=1S/C21H27N3O3/c1-26-19-5-3-17(15-20(19)27-2)4-6-21(25)24-13-11-23(12-14-24)16-18-7-9-22-10-8-18/h3,5,7-10,15H,4,6,11-14,16H2,1-2H3. The number of amides is 1. The third-order valence-corrected chi connectivity index (χ3v) is 4.96. The van der Waals surface area contributed by atoms with Crippen LogP contribution >= 0.6 is 0 Å². The van der Waals surface area contributed by atoms with Gasteiger partial charge in [-0.3, -0.25) is 14.7 Å². The minimum absolute atomic E-state index is 0.216. The molecule has 1 fully saturated rings. The molecule has 144 valence electrons. The number of carbonyl (C=O) groups excluding carboxylic acids is 1. The summed E-state index contributed by atoms with van der Waals surface area (Å²) in [5, 5.41) is 0. The number of benzene rings is 1. The van der Waals surface area contributed by atoms with Crippen LogP contribution in [-0.4, -0.2) is 61.1 Å². The number of ether oxygens (including phenoxy) is 2. The Labute approximate surface area is 160 Å². The zero-order valence-corrected chi connectivity index (χ0v) is 16.1. The SMILES string of the molecule is COc1ccc(CCC(=O)N2CCN(Cc3ccncc3)CC2)cc1OC. The summed E-state index contributed by atoms with van der Waals surface area (Å²) in [6.45, 7) is 4.30. The zero-order valence-electron chi connectivity index (χ0n) is 16.1. The Balaban J connectivity index is 1.46. The third-order valence-electron chi connectivity index (χ3n) is 4.96. The highest BCUT2D eigenvalue weighted by atomic mass is 16.5. The molecule has 3 rings (SSSR count). The highest BCUT2D eigenvalue weighted by molar-refractivity contribution is 5.76. The minimum Gasteiger partial charge on any atom is -0.493 e. The number of pyridine rings is 1. The Kier molecular flexibility index (Phi) is 6.65. The predicted octanol–water partition coefficient (Wildman–Crippen LogP) is 2.38. The van der Waals surface area contributed by atoms with Gasteiger partial charge < -0.3 is 14.4 Å². The van der Waals surface area contributed by atoms with Crippen molar-refractivity contribution in [1.29, 1.82) is 0 Å². The van der Waals surface area contributed by atoms with Crippen LogP contribution in [-0.2, 0) is 17.8 Å². The molecule has 1 aliphatic rings. The van der Waals surface area contributed by atoms with E-state index in [2.05, 4.69) is 9.88 Å². The molecule has 2 heterocycles. The van der Waals surface area contributed by atoms with Crippen molar-refractivity contribution in [1.82, 2.24) is 14.8 Å². The van der Waals surface area contributed by atoms with Crippen molar-refractivity contribution in [3.8, 4) is 11.5 Å². The van der Waals surface area contributed by atoms with Crippen LogP contribution in [0, 0.1) is 0 Å². The molecule has 1 amide bonds. The lowest BCUT2D eigenvalue weighted by atomic mass is 10.1. The third kappa shape index (κ3) is 5.20. The number of methoxy groups -OCH3 is 2. The number of carbonyl (C=O) groups is 1. The van der Waals surface area contributed by atoms with E-state index >= 15 is 0 Å². The van der Waals surface area contributed by atoms with Gasteiger partial charge in [-0.1, -0.05) is 6.07 Å². The van der Waals surface area contributed by atoms with E-state index in [1.807, 2.05) is 47.6 Å². The van der Waals surface area contributed by atoms with E-state index in [0.717, 1.165) is 38.3 Å². The van der Waals surface area contributed by atoms with Gasteiger partial charge in [-0.2, -0.15) is 0 Å². The zero-order chi connectivity index (χ0) is 19.1. The number of aryl methyl sites for hydroxylation is 1. The molecule has 2 aromatic rings. The predicted molar refractivity (Wildman–Crippen MR) is 104 cm³/mol. The molecule has 0 aliphatic carbocycles. The van der Waals surface area contributed by atoms with Crippen LogP contribution in [0.25, 0.3) is 0 Å². The second-order valence-corrected chi connectivity index (χ2v) is 6.70. The first kappa shape index (κ1) is 19.2. The first-order chi connectivity index (χ1) is 13.2. The lowest BCUT2D eigenvalue weighted by molar-refractivity contribution is -0.133. The molecule has 27 heavy (non-hydrogen) atoms. The van der Waals surface area contributed by atoms with Crippen LogP contribution in [0.4, 0.5) is 0 Å². The molecule has 0 spiro atoms. The molecule has 1 saturated heterocycles. The largest absolute Gasteiger partial charge is 0.493 e. The topological polar surface area (TPSA) is 54.9 Å². The lowest BCUT2D eigenvalue weighted by Crippen LogP contribution is -2.48. The Morgan fingerprint density at radius 3 is 2.33 bits per heavy atom. The van der Waals surface area contributed by atoms with Crippen LogP contribution in [0.3, 0.4) is 0 Å². The molecule has 6 heteroatoms. The van der Waals surface area contributed by atoms with Gasteiger partial charge in [0.1, 0.15) is 0 Å². The fourth-order valence-electron chi connectivity index (χ4n) is 3.35. The van der Waals surface area contributed by atoms with Crippen LogP contribution in [0.1, 0.15) is 17.5 Å². The van der Waals surface area contributed by atoms with E-state index in [9.17, 15) is 4.79 Å². The first-order valence-electron chi connectivity index (χ1n) is 9.29. The monoisotopic (exact) mass is 369 g/mol. The lowest BCUT2D eigenvalue weighted by Gasteiger charge is -2.34. The molecule has 0 unspecified atom stereocenters. The summed E-state index contributed by atoms with van der Waals surface area (Å²) in [6, 6.07) is 9.90. The van der Waals surface area contributed by atoms with E-state index in [4.69, 9.17) is 9.47 Å². The molecule has 6 nitrogen and oxygen atoms in total. The molecular weight excluding hydrogens is 342 g/mol. The summed E-state index contributed by atoms with van der Waals surface area (Å²) in [4.78, 5) is 21.0. The van der Waals surface area contributed by atoms with Crippen molar-refractivity contribution >= 4 is 5.91 Å². The van der Waals surface area contributed by atoms with Gasteiger partial charge >= 0.3 is 0 Å². The fraction of sp³-hybridized carbons (Fsp3) is 0.429. The summed E-state index contributed by atoms with van der Waals surface area (Å²) in [7, 11) is 3.24. The van der Waals surface area contributed by atoms with Crippen molar-refractivity contribution in [2.45, 2.75) is 19.4 Å². The van der Waals surface area contributed by atoms with Crippen molar-refractivity contribution in [2.75, 3.05) is 40.4 Å². The first-order valence-corrected chi connectivity index (χ1v) is 9.29. The Morgan fingerprint density at radius 1 is 0.963 bits per heavy atom. The van der Waals surface area contributed by atoms with Crippen LogP contribution in [0.15, 0.2) is 42.7 Å². The maximum atomic E-state index is 12.6. The van der Waals surface area contributed by atoms with Crippen molar-refractivity contribution in [2.24, 2.45) is 0 Å². The van der Waals surface area contributed by atoms with Crippen molar-refractivity contribution in [3.63, 3.8) is 0 Å². The summed E-state index contributed by atoms with van der Waals surface area (Å²) in [5.41, 5.74) is 2.34. The smallest absolute Gasteiger partial charge is 0.222 e. The Bertz CT molecular complexity index is 744. The number of piperazine rings is 1.